The first kappa shape index (κ1) is 16.3. The molecule has 4 nitrogen and oxygen atoms in total. The standard InChI is InChI=1S/C16H26N2O2S/c1-12(2)18-21(19,20)14-9-6-5-8-13(14)17-15-10-7-11-16(15,3)4/h5-6,8-9,12,15,17-18H,7,10-11H2,1-4H3. The fraction of sp³-hybridized carbons (Fsp3) is 0.625. The van der Waals surface area contributed by atoms with Gasteiger partial charge in [-0.1, -0.05) is 32.4 Å². The van der Waals surface area contributed by atoms with Gasteiger partial charge in [-0.3, -0.25) is 0 Å². The number of anilines is 1. The van der Waals surface area contributed by atoms with Crippen molar-refractivity contribution in [2.75, 3.05) is 5.32 Å². The number of para-hydroxylation sites is 1. The number of hydrogen-bond donors (Lipinski definition) is 2. The molecule has 1 unspecified atom stereocenters. The van der Waals surface area contributed by atoms with Crippen molar-refractivity contribution in [1.29, 1.82) is 0 Å². The summed E-state index contributed by atoms with van der Waals surface area (Å²) in [7, 11) is -3.48. The minimum absolute atomic E-state index is 0.119. The number of rotatable bonds is 5. The molecule has 0 saturated heterocycles. The van der Waals surface area contributed by atoms with Crippen LogP contribution in [0.15, 0.2) is 29.2 Å². The summed E-state index contributed by atoms with van der Waals surface area (Å²) >= 11 is 0. The lowest BCUT2D eigenvalue weighted by Crippen LogP contribution is -2.34. The first-order chi connectivity index (χ1) is 9.72. The molecule has 0 bridgehead atoms. The highest BCUT2D eigenvalue weighted by Gasteiger charge is 2.35. The van der Waals surface area contributed by atoms with E-state index in [1.165, 1.54) is 12.8 Å². The van der Waals surface area contributed by atoms with Crippen LogP contribution in [-0.4, -0.2) is 20.5 Å². The topological polar surface area (TPSA) is 58.2 Å². The van der Waals surface area contributed by atoms with Crippen molar-refractivity contribution in [3.8, 4) is 0 Å². The molecule has 118 valence electrons. The molecular weight excluding hydrogens is 284 g/mol. The van der Waals surface area contributed by atoms with Gasteiger partial charge >= 0.3 is 0 Å². The molecule has 2 rings (SSSR count). The van der Waals surface area contributed by atoms with Gasteiger partial charge in [0.2, 0.25) is 10.0 Å². The van der Waals surface area contributed by atoms with Crippen LogP contribution in [0.2, 0.25) is 0 Å². The Bertz CT molecular complexity index is 594. The van der Waals surface area contributed by atoms with E-state index < -0.39 is 10.0 Å². The van der Waals surface area contributed by atoms with Crippen molar-refractivity contribution < 1.29 is 8.42 Å². The second kappa shape index (κ2) is 5.97. The lowest BCUT2D eigenvalue weighted by molar-refractivity contribution is 0.349. The summed E-state index contributed by atoms with van der Waals surface area (Å²) in [5, 5.41) is 3.46. The fourth-order valence-corrected chi connectivity index (χ4v) is 4.40. The summed E-state index contributed by atoms with van der Waals surface area (Å²) in [5.41, 5.74) is 0.896. The molecule has 0 aliphatic heterocycles. The first-order valence-electron chi connectivity index (χ1n) is 7.60. The van der Waals surface area contributed by atoms with Gasteiger partial charge in [0.05, 0.1) is 5.69 Å². The molecule has 1 aromatic carbocycles. The molecule has 0 heterocycles. The predicted molar refractivity (Wildman–Crippen MR) is 86.9 cm³/mol. The summed E-state index contributed by atoms with van der Waals surface area (Å²) in [6.45, 7) is 8.13. The highest BCUT2D eigenvalue weighted by molar-refractivity contribution is 7.89. The Morgan fingerprint density at radius 3 is 2.48 bits per heavy atom. The highest BCUT2D eigenvalue weighted by Crippen LogP contribution is 2.39. The van der Waals surface area contributed by atoms with Gasteiger partial charge in [0.15, 0.2) is 0 Å². The molecule has 5 heteroatoms. The van der Waals surface area contributed by atoms with Gasteiger partial charge < -0.3 is 5.32 Å². The largest absolute Gasteiger partial charge is 0.381 e. The van der Waals surface area contributed by atoms with E-state index in [9.17, 15) is 8.42 Å². The first-order valence-corrected chi connectivity index (χ1v) is 9.08. The van der Waals surface area contributed by atoms with Crippen molar-refractivity contribution in [2.45, 2.75) is 63.9 Å². The average molecular weight is 310 g/mol. The van der Waals surface area contributed by atoms with Gasteiger partial charge in [0.25, 0.3) is 0 Å². The third kappa shape index (κ3) is 3.77. The van der Waals surface area contributed by atoms with Crippen molar-refractivity contribution >= 4 is 15.7 Å². The van der Waals surface area contributed by atoms with Crippen LogP contribution in [0.3, 0.4) is 0 Å². The van der Waals surface area contributed by atoms with Crippen LogP contribution < -0.4 is 10.0 Å². The Labute approximate surface area is 128 Å². The molecule has 0 amide bonds. The monoisotopic (exact) mass is 310 g/mol. The number of hydrogen-bond acceptors (Lipinski definition) is 3. The summed E-state index contributed by atoms with van der Waals surface area (Å²) in [4.78, 5) is 0.335. The molecule has 21 heavy (non-hydrogen) atoms. The van der Waals surface area contributed by atoms with E-state index in [1.807, 2.05) is 26.0 Å². The van der Waals surface area contributed by atoms with Crippen molar-refractivity contribution in [1.82, 2.24) is 4.72 Å². The predicted octanol–water partition coefficient (Wildman–Crippen LogP) is 3.36. The summed E-state index contributed by atoms with van der Waals surface area (Å²) < 4.78 is 27.5. The molecular formula is C16H26N2O2S. The van der Waals surface area contributed by atoms with Crippen LogP contribution in [0.5, 0.6) is 0 Å². The molecule has 1 aromatic rings. The van der Waals surface area contributed by atoms with Crippen LogP contribution in [0, 0.1) is 5.41 Å². The quantitative estimate of drug-likeness (QED) is 0.876. The smallest absolute Gasteiger partial charge is 0.242 e. The minimum atomic E-state index is -3.48. The van der Waals surface area contributed by atoms with Gasteiger partial charge in [0, 0.05) is 12.1 Å². The molecule has 0 spiro atoms. The molecule has 0 radical (unpaired) electrons. The normalized spacial score (nSPS) is 21.7. The molecule has 1 aliphatic rings. The van der Waals surface area contributed by atoms with Crippen molar-refractivity contribution in [3.05, 3.63) is 24.3 Å². The molecule has 0 aromatic heterocycles. The fourth-order valence-electron chi connectivity index (χ4n) is 2.98. The maximum absolute atomic E-state index is 12.4. The number of benzene rings is 1. The maximum Gasteiger partial charge on any atom is 0.242 e. The van der Waals surface area contributed by atoms with Gasteiger partial charge in [-0.2, -0.15) is 0 Å². The third-order valence-corrected chi connectivity index (χ3v) is 5.87. The lowest BCUT2D eigenvalue weighted by atomic mass is 9.87. The lowest BCUT2D eigenvalue weighted by Gasteiger charge is -2.29. The Morgan fingerprint density at radius 2 is 1.90 bits per heavy atom. The van der Waals surface area contributed by atoms with E-state index in [4.69, 9.17) is 0 Å². The Kier molecular flexibility index (Phi) is 4.63. The van der Waals surface area contributed by atoms with E-state index in [2.05, 4.69) is 23.9 Å². The maximum atomic E-state index is 12.4. The zero-order valence-corrected chi connectivity index (χ0v) is 14.1. The zero-order valence-electron chi connectivity index (χ0n) is 13.3. The van der Waals surface area contributed by atoms with Gasteiger partial charge in [0.1, 0.15) is 4.90 Å². The second-order valence-corrected chi connectivity index (χ2v) is 8.53. The van der Waals surface area contributed by atoms with Crippen LogP contribution in [0.1, 0.15) is 47.0 Å². The SMILES string of the molecule is CC(C)NS(=O)(=O)c1ccccc1NC1CCCC1(C)C. The summed E-state index contributed by atoms with van der Waals surface area (Å²) in [6.07, 6.45) is 3.44. The van der Waals surface area contributed by atoms with E-state index in [0.29, 0.717) is 16.6 Å². The molecule has 2 N–H and O–H groups in total. The molecule has 1 aliphatic carbocycles. The van der Waals surface area contributed by atoms with Crippen LogP contribution >= 0.6 is 0 Å². The van der Waals surface area contributed by atoms with E-state index in [1.54, 1.807) is 12.1 Å². The highest BCUT2D eigenvalue weighted by atomic mass is 32.2. The van der Waals surface area contributed by atoms with Crippen LogP contribution in [0.25, 0.3) is 0 Å². The van der Waals surface area contributed by atoms with Gasteiger partial charge in [-0.25, -0.2) is 13.1 Å². The second-order valence-electron chi connectivity index (χ2n) is 6.85. The minimum Gasteiger partial charge on any atom is -0.381 e. The number of nitrogens with one attached hydrogen (secondary N) is 2. The van der Waals surface area contributed by atoms with Crippen molar-refractivity contribution in [2.24, 2.45) is 5.41 Å². The van der Waals surface area contributed by atoms with E-state index in [0.717, 1.165) is 6.42 Å². The Balaban J connectivity index is 2.30. The Morgan fingerprint density at radius 1 is 1.24 bits per heavy atom. The summed E-state index contributed by atoms with van der Waals surface area (Å²) in [5.74, 6) is 0. The van der Waals surface area contributed by atoms with Gasteiger partial charge in [-0.05, 0) is 44.2 Å². The average Bonchev–Trinajstić information content (AvgIpc) is 2.68. The van der Waals surface area contributed by atoms with Crippen LogP contribution in [-0.2, 0) is 10.0 Å². The Hall–Kier alpha value is -1.07. The summed E-state index contributed by atoms with van der Waals surface area (Å²) in [6, 6.07) is 7.34. The molecule has 1 fully saturated rings. The van der Waals surface area contributed by atoms with Gasteiger partial charge in [-0.15, -0.1) is 0 Å². The third-order valence-electron chi connectivity index (χ3n) is 4.15. The number of sulfonamides is 1. The molecule has 1 atom stereocenters. The van der Waals surface area contributed by atoms with Crippen LogP contribution in [0.4, 0.5) is 5.69 Å². The van der Waals surface area contributed by atoms with Crippen molar-refractivity contribution in [3.63, 3.8) is 0 Å². The van der Waals surface area contributed by atoms with E-state index >= 15 is 0 Å². The van der Waals surface area contributed by atoms with E-state index in [-0.39, 0.29) is 11.5 Å². The molecule has 1 saturated carbocycles. The zero-order chi connectivity index (χ0) is 15.7.